The second-order valence-electron chi connectivity index (χ2n) is 5.45. The molecule has 1 aromatic rings. The van der Waals surface area contributed by atoms with Gasteiger partial charge in [0, 0.05) is 26.2 Å². The van der Waals surface area contributed by atoms with Gasteiger partial charge in [0.25, 0.3) is 0 Å². The molecule has 0 N–H and O–H groups in total. The fourth-order valence-electron chi connectivity index (χ4n) is 2.33. The minimum absolute atomic E-state index is 0.354. The highest BCUT2D eigenvalue weighted by Crippen LogP contribution is 2.17. The van der Waals surface area contributed by atoms with Gasteiger partial charge in [0.05, 0.1) is 12.6 Å². The first-order valence-corrected chi connectivity index (χ1v) is 6.45. The summed E-state index contributed by atoms with van der Waals surface area (Å²) in [5.74, 6) is 2.00. The third-order valence-corrected chi connectivity index (χ3v) is 3.61. The van der Waals surface area contributed by atoms with Gasteiger partial charge in [-0.1, -0.05) is 0 Å². The molecule has 0 atom stereocenters. The summed E-state index contributed by atoms with van der Waals surface area (Å²) in [6.45, 7) is 10.7. The van der Waals surface area contributed by atoms with Gasteiger partial charge in [0.1, 0.15) is 17.1 Å². The molecular weight excluding hydrogens is 226 g/mol. The summed E-state index contributed by atoms with van der Waals surface area (Å²) in [5.41, 5.74) is -0.354. The van der Waals surface area contributed by atoms with Gasteiger partial charge in [-0.2, -0.15) is 5.26 Å². The molecule has 18 heavy (non-hydrogen) atoms. The zero-order valence-corrected chi connectivity index (χ0v) is 11.4. The summed E-state index contributed by atoms with van der Waals surface area (Å²) in [4.78, 5) is 4.62. The minimum atomic E-state index is -0.354. The molecule has 2 rings (SSSR count). The highest BCUT2D eigenvalue weighted by Gasteiger charge is 2.29. The summed E-state index contributed by atoms with van der Waals surface area (Å²) in [5, 5.41) is 9.13. The van der Waals surface area contributed by atoms with E-state index < -0.39 is 0 Å². The monoisotopic (exact) mass is 247 g/mol. The number of rotatable bonds is 3. The number of aryl methyl sites for hydroxylation is 1. The van der Waals surface area contributed by atoms with Crippen LogP contribution in [0, 0.1) is 18.3 Å². The molecule has 0 radical (unpaired) electrons. The van der Waals surface area contributed by atoms with E-state index in [0.29, 0.717) is 0 Å². The smallest absolute Gasteiger partial charge is 0.118 e. The van der Waals surface area contributed by atoms with E-state index in [-0.39, 0.29) is 5.54 Å². The predicted octanol–water partition coefficient (Wildman–Crippen LogP) is 2.01. The Labute approximate surface area is 109 Å². The van der Waals surface area contributed by atoms with E-state index >= 15 is 0 Å². The zero-order chi connectivity index (χ0) is 13.2. The van der Waals surface area contributed by atoms with Gasteiger partial charge in [-0.15, -0.1) is 0 Å². The molecule has 1 aliphatic heterocycles. The van der Waals surface area contributed by atoms with Crippen LogP contribution in [0.5, 0.6) is 0 Å². The third kappa shape index (κ3) is 2.92. The Kier molecular flexibility index (Phi) is 3.74. The second-order valence-corrected chi connectivity index (χ2v) is 5.45. The molecule has 2 heterocycles. The summed E-state index contributed by atoms with van der Waals surface area (Å²) in [6, 6.07) is 6.41. The van der Waals surface area contributed by atoms with Gasteiger partial charge in [-0.05, 0) is 32.9 Å². The van der Waals surface area contributed by atoms with Crippen molar-refractivity contribution in [2.24, 2.45) is 0 Å². The highest BCUT2D eigenvalue weighted by molar-refractivity contribution is 5.06. The van der Waals surface area contributed by atoms with Gasteiger partial charge in [-0.3, -0.25) is 9.80 Å². The molecule has 1 saturated heterocycles. The van der Waals surface area contributed by atoms with Crippen molar-refractivity contribution in [1.82, 2.24) is 9.80 Å². The van der Waals surface area contributed by atoms with E-state index in [1.54, 1.807) is 0 Å². The fourth-order valence-corrected chi connectivity index (χ4v) is 2.33. The van der Waals surface area contributed by atoms with Crippen molar-refractivity contribution in [1.29, 1.82) is 5.26 Å². The maximum Gasteiger partial charge on any atom is 0.118 e. The number of piperazine rings is 1. The van der Waals surface area contributed by atoms with Crippen LogP contribution in [0.1, 0.15) is 25.4 Å². The van der Waals surface area contributed by atoms with E-state index in [1.807, 2.05) is 32.9 Å². The van der Waals surface area contributed by atoms with Crippen LogP contribution in [0.3, 0.4) is 0 Å². The highest BCUT2D eigenvalue weighted by atomic mass is 16.3. The van der Waals surface area contributed by atoms with Gasteiger partial charge in [0.2, 0.25) is 0 Å². The first-order chi connectivity index (χ1) is 8.51. The number of hydrogen-bond donors (Lipinski definition) is 0. The molecule has 0 aliphatic carbocycles. The summed E-state index contributed by atoms with van der Waals surface area (Å²) < 4.78 is 5.59. The average molecular weight is 247 g/mol. The largest absolute Gasteiger partial charge is 0.465 e. The van der Waals surface area contributed by atoms with Crippen LogP contribution in [0.25, 0.3) is 0 Å². The van der Waals surface area contributed by atoms with Crippen LogP contribution < -0.4 is 0 Å². The van der Waals surface area contributed by atoms with Crippen molar-refractivity contribution in [3.05, 3.63) is 23.7 Å². The number of hydrogen-bond acceptors (Lipinski definition) is 4. The van der Waals surface area contributed by atoms with E-state index in [9.17, 15) is 0 Å². The van der Waals surface area contributed by atoms with Gasteiger partial charge < -0.3 is 4.42 Å². The topological polar surface area (TPSA) is 43.4 Å². The molecule has 4 heteroatoms. The van der Waals surface area contributed by atoms with Crippen molar-refractivity contribution in [2.45, 2.75) is 32.9 Å². The van der Waals surface area contributed by atoms with Gasteiger partial charge in [-0.25, -0.2) is 0 Å². The predicted molar refractivity (Wildman–Crippen MR) is 70.0 cm³/mol. The number of nitrogens with zero attached hydrogens (tertiary/aromatic N) is 3. The first-order valence-electron chi connectivity index (χ1n) is 6.45. The minimum Gasteiger partial charge on any atom is -0.465 e. The van der Waals surface area contributed by atoms with Crippen molar-refractivity contribution >= 4 is 0 Å². The van der Waals surface area contributed by atoms with E-state index in [1.165, 1.54) is 0 Å². The lowest BCUT2D eigenvalue weighted by Crippen LogP contribution is -2.53. The molecule has 0 spiro atoms. The number of nitriles is 1. The summed E-state index contributed by atoms with van der Waals surface area (Å²) in [7, 11) is 0. The fraction of sp³-hybridized carbons (Fsp3) is 0.643. The lowest BCUT2D eigenvalue weighted by Gasteiger charge is -2.40. The van der Waals surface area contributed by atoms with Crippen molar-refractivity contribution in [3.63, 3.8) is 0 Å². The molecule has 0 amide bonds. The van der Waals surface area contributed by atoms with Crippen LogP contribution in [-0.2, 0) is 6.54 Å². The van der Waals surface area contributed by atoms with Crippen LogP contribution in [0.15, 0.2) is 16.5 Å². The third-order valence-electron chi connectivity index (χ3n) is 3.61. The average Bonchev–Trinajstić information content (AvgIpc) is 2.75. The van der Waals surface area contributed by atoms with Crippen LogP contribution in [0.2, 0.25) is 0 Å². The molecule has 0 saturated carbocycles. The molecule has 0 aromatic carbocycles. The first kappa shape index (κ1) is 13.1. The lowest BCUT2D eigenvalue weighted by atomic mass is 10.0. The van der Waals surface area contributed by atoms with E-state index in [2.05, 4.69) is 15.9 Å². The molecule has 0 unspecified atom stereocenters. The summed E-state index contributed by atoms with van der Waals surface area (Å²) in [6.07, 6.45) is 0. The van der Waals surface area contributed by atoms with Crippen molar-refractivity contribution in [2.75, 3.05) is 26.2 Å². The molecule has 1 fully saturated rings. The van der Waals surface area contributed by atoms with Crippen LogP contribution >= 0.6 is 0 Å². The molecule has 1 aromatic heterocycles. The Morgan fingerprint density at radius 2 is 1.94 bits per heavy atom. The second kappa shape index (κ2) is 5.13. The maximum absolute atomic E-state index is 9.13. The molecule has 1 aliphatic rings. The SMILES string of the molecule is Cc1ccc(CN2CCN(C(C)(C)C#N)CC2)o1. The van der Waals surface area contributed by atoms with E-state index in [0.717, 1.165) is 44.2 Å². The van der Waals surface area contributed by atoms with Crippen LogP contribution in [0.4, 0.5) is 0 Å². The van der Waals surface area contributed by atoms with Crippen LogP contribution in [-0.4, -0.2) is 41.5 Å². The molecule has 0 bridgehead atoms. The Bertz CT molecular complexity index is 436. The van der Waals surface area contributed by atoms with E-state index in [4.69, 9.17) is 9.68 Å². The maximum atomic E-state index is 9.13. The molecule has 98 valence electrons. The Balaban J connectivity index is 1.86. The Morgan fingerprint density at radius 3 is 2.44 bits per heavy atom. The number of furan rings is 1. The Hall–Kier alpha value is -1.31. The summed E-state index contributed by atoms with van der Waals surface area (Å²) >= 11 is 0. The molecular formula is C14H21N3O. The normalized spacial score (nSPS) is 18.8. The zero-order valence-electron chi connectivity index (χ0n) is 11.4. The standard InChI is InChI=1S/C14H21N3O/c1-12-4-5-13(18-12)10-16-6-8-17(9-7-16)14(2,3)11-15/h4-5H,6-10H2,1-3H3. The lowest BCUT2D eigenvalue weighted by molar-refractivity contribution is 0.0727. The van der Waals surface area contributed by atoms with Crippen molar-refractivity contribution in [3.8, 4) is 6.07 Å². The van der Waals surface area contributed by atoms with Gasteiger partial charge >= 0.3 is 0 Å². The van der Waals surface area contributed by atoms with Crippen molar-refractivity contribution < 1.29 is 4.42 Å². The quantitative estimate of drug-likeness (QED) is 0.819. The Morgan fingerprint density at radius 1 is 1.28 bits per heavy atom. The van der Waals surface area contributed by atoms with Gasteiger partial charge in [0.15, 0.2) is 0 Å². The molecule has 4 nitrogen and oxygen atoms in total.